The number of pyridine rings is 1. The summed E-state index contributed by atoms with van der Waals surface area (Å²) < 4.78 is 7.70. The fraction of sp³-hybridized carbons (Fsp3) is 0.500. The van der Waals surface area contributed by atoms with Crippen molar-refractivity contribution >= 4 is 34.8 Å². The Hall–Kier alpha value is -3.73. The minimum atomic E-state index is -0.430. The van der Waals surface area contributed by atoms with E-state index in [1.807, 2.05) is 15.5 Å². The smallest absolute Gasteiger partial charge is 0.393 e. The highest BCUT2D eigenvalue weighted by Gasteiger charge is 2.35. The first kappa shape index (κ1) is 23.7. The van der Waals surface area contributed by atoms with Gasteiger partial charge in [0.15, 0.2) is 0 Å². The van der Waals surface area contributed by atoms with Gasteiger partial charge in [0.2, 0.25) is 11.8 Å². The van der Waals surface area contributed by atoms with Gasteiger partial charge >= 0.3 is 6.09 Å². The molecule has 1 saturated carbocycles. The van der Waals surface area contributed by atoms with Crippen molar-refractivity contribution in [2.75, 3.05) is 39.0 Å². The third-order valence-electron chi connectivity index (χ3n) is 7.56. The fourth-order valence-electron chi connectivity index (χ4n) is 5.71. The van der Waals surface area contributed by atoms with Crippen LogP contribution < -0.4 is 15.4 Å². The fourth-order valence-corrected chi connectivity index (χ4v) is 5.71. The number of rotatable bonds is 5. The molecule has 2 N–H and O–H groups in total. The molecule has 37 heavy (non-hydrogen) atoms. The first-order valence-corrected chi connectivity index (χ1v) is 13.0. The third kappa shape index (κ3) is 4.71. The molecule has 2 amide bonds. The van der Waals surface area contributed by atoms with E-state index in [1.54, 1.807) is 38.6 Å². The standard InChI is InChI=1S/C26H32N8O3/c1-32(2)26(36)37-22-10-18-13-29-25(31-23(18)34(22)20-5-3-4-6-20)30-21-8-7-17(12-28-21)24(35)33-14-16-9-19(15-33)27-11-16/h7-8,10,12-13,16,19-20,27H,3-6,9,11,14-15H2,1-2H3,(H,28,29,30,31)/t16-,19-/m0/s1. The molecule has 2 saturated heterocycles. The highest BCUT2D eigenvalue weighted by Crippen LogP contribution is 2.37. The minimum absolute atomic E-state index is 0.0179. The van der Waals surface area contributed by atoms with Crippen molar-refractivity contribution in [3.63, 3.8) is 0 Å². The van der Waals surface area contributed by atoms with Crippen LogP contribution in [0.3, 0.4) is 0 Å². The van der Waals surface area contributed by atoms with Crippen LogP contribution in [0.2, 0.25) is 0 Å². The van der Waals surface area contributed by atoms with Crippen molar-refractivity contribution in [1.82, 2.24) is 34.6 Å². The van der Waals surface area contributed by atoms with Crippen LogP contribution in [-0.4, -0.2) is 81.1 Å². The molecular weight excluding hydrogens is 472 g/mol. The van der Waals surface area contributed by atoms with Crippen LogP contribution in [0.5, 0.6) is 5.88 Å². The van der Waals surface area contributed by atoms with Crippen molar-refractivity contribution < 1.29 is 14.3 Å². The first-order valence-electron chi connectivity index (χ1n) is 13.0. The number of nitrogens with one attached hydrogen (secondary N) is 2. The van der Waals surface area contributed by atoms with Gasteiger partial charge in [-0.25, -0.2) is 14.8 Å². The Balaban J connectivity index is 1.22. The molecular formula is C26H32N8O3. The molecule has 2 aliphatic heterocycles. The molecule has 3 fully saturated rings. The van der Waals surface area contributed by atoms with Crippen molar-refractivity contribution in [3.05, 3.63) is 36.2 Å². The summed E-state index contributed by atoms with van der Waals surface area (Å²) in [6.07, 6.45) is 8.33. The Morgan fingerprint density at radius 2 is 1.97 bits per heavy atom. The number of anilines is 2. The molecule has 5 heterocycles. The predicted octanol–water partition coefficient (Wildman–Crippen LogP) is 3.18. The molecule has 3 aromatic heterocycles. The number of aromatic nitrogens is 4. The molecule has 0 unspecified atom stereocenters. The van der Waals surface area contributed by atoms with Crippen molar-refractivity contribution in [2.24, 2.45) is 5.92 Å². The van der Waals surface area contributed by atoms with E-state index in [0.717, 1.165) is 57.1 Å². The minimum Gasteiger partial charge on any atom is -0.393 e. The van der Waals surface area contributed by atoms with Crippen LogP contribution in [0.1, 0.15) is 48.5 Å². The van der Waals surface area contributed by atoms with E-state index in [1.165, 1.54) is 4.90 Å². The molecule has 0 spiro atoms. The molecule has 3 aromatic rings. The topological polar surface area (TPSA) is 118 Å². The zero-order valence-corrected chi connectivity index (χ0v) is 21.2. The lowest BCUT2D eigenvalue weighted by Gasteiger charge is -2.31. The van der Waals surface area contributed by atoms with E-state index in [9.17, 15) is 9.59 Å². The number of hydrogen-bond donors (Lipinski definition) is 2. The van der Waals surface area contributed by atoms with Crippen molar-refractivity contribution in [3.8, 4) is 5.88 Å². The highest BCUT2D eigenvalue weighted by atomic mass is 16.6. The number of likely N-dealkylation sites (tertiary alicyclic amines) is 1. The average molecular weight is 505 g/mol. The number of amides is 2. The van der Waals surface area contributed by atoms with Gasteiger partial charge in [-0.05, 0) is 37.3 Å². The van der Waals surface area contributed by atoms with Gasteiger partial charge in [-0.1, -0.05) is 12.8 Å². The molecule has 2 bridgehead atoms. The van der Waals surface area contributed by atoms with E-state index in [4.69, 9.17) is 9.72 Å². The van der Waals surface area contributed by atoms with Gasteiger partial charge in [0.25, 0.3) is 5.91 Å². The van der Waals surface area contributed by atoms with Gasteiger partial charge < -0.3 is 25.2 Å². The number of ether oxygens (including phenoxy) is 1. The predicted molar refractivity (Wildman–Crippen MR) is 138 cm³/mol. The first-order chi connectivity index (χ1) is 17.9. The Kier molecular flexibility index (Phi) is 6.15. The summed E-state index contributed by atoms with van der Waals surface area (Å²) in [6, 6.07) is 6.00. The molecule has 3 aliphatic rings. The van der Waals surface area contributed by atoms with Crippen LogP contribution in [0, 0.1) is 5.92 Å². The lowest BCUT2D eigenvalue weighted by atomic mass is 9.99. The maximum absolute atomic E-state index is 13.0. The lowest BCUT2D eigenvalue weighted by Crippen LogP contribution is -2.44. The summed E-state index contributed by atoms with van der Waals surface area (Å²) in [5, 5.41) is 7.44. The summed E-state index contributed by atoms with van der Waals surface area (Å²) in [5.41, 5.74) is 1.29. The maximum atomic E-state index is 13.0. The number of hydrogen-bond acceptors (Lipinski definition) is 8. The SMILES string of the molecule is CN(C)C(=O)Oc1cc2cnc(Nc3ccc(C(=O)N4C[C@@H]5CN[C@@H](C5)C4)cn3)nc2n1C1CCCC1. The van der Waals surface area contributed by atoms with Gasteiger partial charge in [0, 0.05) is 69.7 Å². The van der Waals surface area contributed by atoms with Crippen molar-refractivity contribution in [2.45, 2.75) is 44.2 Å². The Labute approximate surface area is 215 Å². The highest BCUT2D eigenvalue weighted by molar-refractivity contribution is 5.94. The van der Waals surface area contributed by atoms with Crippen molar-refractivity contribution in [1.29, 1.82) is 0 Å². The average Bonchev–Trinajstić information content (AvgIpc) is 3.62. The quantitative estimate of drug-likeness (QED) is 0.544. The molecule has 1 aliphatic carbocycles. The lowest BCUT2D eigenvalue weighted by molar-refractivity contribution is 0.0691. The van der Waals surface area contributed by atoms with Crippen LogP contribution in [-0.2, 0) is 0 Å². The Morgan fingerprint density at radius 3 is 2.70 bits per heavy atom. The summed E-state index contributed by atoms with van der Waals surface area (Å²) in [7, 11) is 3.32. The van der Waals surface area contributed by atoms with E-state index in [0.29, 0.717) is 40.8 Å². The second-order valence-corrected chi connectivity index (χ2v) is 10.5. The van der Waals surface area contributed by atoms with Crippen LogP contribution in [0.4, 0.5) is 16.6 Å². The van der Waals surface area contributed by atoms with E-state index < -0.39 is 6.09 Å². The second kappa shape index (κ2) is 9.62. The molecule has 0 radical (unpaired) electrons. The third-order valence-corrected chi connectivity index (χ3v) is 7.56. The number of piperidine rings is 1. The van der Waals surface area contributed by atoms with Crippen LogP contribution in [0.15, 0.2) is 30.6 Å². The van der Waals surface area contributed by atoms with Gasteiger partial charge in [-0.2, -0.15) is 4.98 Å². The number of carbonyl (C=O) groups is 2. The van der Waals surface area contributed by atoms with Crippen LogP contribution >= 0.6 is 0 Å². The number of nitrogens with zero attached hydrogens (tertiary/aromatic N) is 6. The monoisotopic (exact) mass is 504 g/mol. The molecule has 0 aromatic carbocycles. The molecule has 6 rings (SSSR count). The summed E-state index contributed by atoms with van der Waals surface area (Å²) in [6.45, 7) is 2.53. The van der Waals surface area contributed by atoms with Gasteiger partial charge in [-0.15, -0.1) is 0 Å². The number of fused-ring (bicyclic) bond motifs is 3. The zero-order chi connectivity index (χ0) is 25.5. The molecule has 11 nitrogen and oxygen atoms in total. The Bertz CT molecular complexity index is 1300. The summed E-state index contributed by atoms with van der Waals surface area (Å²) in [4.78, 5) is 42.3. The Morgan fingerprint density at radius 1 is 1.14 bits per heavy atom. The van der Waals surface area contributed by atoms with Gasteiger partial charge in [0.05, 0.1) is 5.56 Å². The zero-order valence-electron chi connectivity index (χ0n) is 21.2. The molecule has 11 heteroatoms. The van der Waals surface area contributed by atoms with Gasteiger partial charge in [0.1, 0.15) is 11.5 Å². The summed E-state index contributed by atoms with van der Waals surface area (Å²) in [5.74, 6) is 1.98. The van der Waals surface area contributed by atoms with Crippen LogP contribution in [0.25, 0.3) is 11.0 Å². The normalized spacial score (nSPS) is 21.4. The maximum Gasteiger partial charge on any atom is 0.415 e. The molecule has 194 valence electrons. The molecule has 2 atom stereocenters. The second-order valence-electron chi connectivity index (χ2n) is 10.5. The number of carbonyl (C=O) groups excluding carboxylic acids is 2. The van der Waals surface area contributed by atoms with E-state index in [-0.39, 0.29) is 11.9 Å². The van der Waals surface area contributed by atoms with Gasteiger partial charge in [-0.3, -0.25) is 9.36 Å². The largest absolute Gasteiger partial charge is 0.415 e. The van der Waals surface area contributed by atoms with E-state index in [2.05, 4.69) is 20.6 Å². The van der Waals surface area contributed by atoms with E-state index >= 15 is 0 Å². The summed E-state index contributed by atoms with van der Waals surface area (Å²) >= 11 is 0.